The highest BCUT2D eigenvalue weighted by atomic mass is 16.6. The van der Waals surface area contributed by atoms with Crippen molar-refractivity contribution in [1.29, 1.82) is 0 Å². The van der Waals surface area contributed by atoms with E-state index in [1.165, 1.54) is 4.90 Å². The number of aliphatic imine (C=N–C) groups is 1. The Morgan fingerprint density at radius 1 is 0.911 bits per heavy atom. The molecule has 1 atom stereocenters. The summed E-state index contributed by atoms with van der Waals surface area (Å²) in [5, 5.41) is 0. The van der Waals surface area contributed by atoms with Crippen molar-refractivity contribution in [2.24, 2.45) is 4.99 Å². The molecule has 0 aromatic heterocycles. The van der Waals surface area contributed by atoms with E-state index in [2.05, 4.69) is 4.99 Å². The van der Waals surface area contributed by atoms with Crippen molar-refractivity contribution in [1.82, 2.24) is 9.80 Å². The number of unbranched alkanes of at least 4 members (excludes halogenated alkanes) is 6. The number of hydrogen-bond donors (Lipinski definition) is 0. The lowest BCUT2D eigenvalue weighted by molar-refractivity contribution is -0.105. The molecule has 1 saturated heterocycles. The summed E-state index contributed by atoms with van der Waals surface area (Å²) < 4.78 is 22.2. The van der Waals surface area contributed by atoms with E-state index < -0.39 is 29.4 Å². The zero-order valence-corrected chi connectivity index (χ0v) is 28.4. The molecule has 2 aliphatic heterocycles. The fourth-order valence-electron chi connectivity index (χ4n) is 5.57. The minimum absolute atomic E-state index is 0.177. The molecule has 2 aliphatic rings. The molecule has 0 radical (unpaired) electrons. The van der Waals surface area contributed by atoms with Gasteiger partial charge in [0.25, 0.3) is 0 Å². The fourth-order valence-corrected chi connectivity index (χ4v) is 5.57. The molecule has 1 aromatic rings. The minimum Gasteiger partial charge on any atom is -0.497 e. The van der Waals surface area contributed by atoms with E-state index in [1.807, 2.05) is 24.3 Å². The van der Waals surface area contributed by atoms with Crippen LogP contribution in [0.1, 0.15) is 111 Å². The zero-order chi connectivity index (χ0) is 33.0. The number of hydrogen-bond acceptors (Lipinski definition) is 7. The molecule has 1 aromatic carbocycles. The van der Waals surface area contributed by atoms with Gasteiger partial charge < -0.3 is 23.8 Å². The van der Waals surface area contributed by atoms with E-state index in [9.17, 15) is 14.4 Å². The van der Waals surface area contributed by atoms with E-state index in [1.54, 1.807) is 53.6 Å². The molecule has 0 N–H and O–H groups in total. The van der Waals surface area contributed by atoms with Gasteiger partial charge >= 0.3 is 12.2 Å². The number of benzene rings is 1. The van der Waals surface area contributed by atoms with Crippen molar-refractivity contribution >= 4 is 24.4 Å². The van der Waals surface area contributed by atoms with Crippen LogP contribution in [-0.4, -0.2) is 71.7 Å². The molecule has 10 heteroatoms. The molecule has 0 bridgehead atoms. The molecule has 0 unspecified atom stereocenters. The van der Waals surface area contributed by atoms with E-state index in [0.29, 0.717) is 31.6 Å². The minimum atomic E-state index is -0.781. The maximum absolute atomic E-state index is 13.6. The Kier molecular flexibility index (Phi) is 13.4. The van der Waals surface area contributed by atoms with E-state index >= 15 is 0 Å². The van der Waals surface area contributed by atoms with Gasteiger partial charge in [-0.2, -0.15) is 0 Å². The van der Waals surface area contributed by atoms with Crippen LogP contribution in [0, 0.1) is 0 Å². The van der Waals surface area contributed by atoms with Crippen molar-refractivity contribution in [3.8, 4) is 5.75 Å². The second-order valence-electron chi connectivity index (χ2n) is 13.7. The maximum Gasteiger partial charge on any atom is 0.437 e. The summed E-state index contributed by atoms with van der Waals surface area (Å²) in [7, 11) is 1.66. The van der Waals surface area contributed by atoms with Crippen LogP contribution < -0.4 is 4.74 Å². The molecule has 0 saturated carbocycles. The number of guanidine groups is 1. The Morgan fingerprint density at radius 2 is 1.53 bits per heavy atom. The smallest absolute Gasteiger partial charge is 0.437 e. The second-order valence-corrected chi connectivity index (χ2v) is 13.7. The van der Waals surface area contributed by atoms with Crippen molar-refractivity contribution in [3.63, 3.8) is 0 Å². The molecule has 0 spiro atoms. The Hall–Kier alpha value is -3.40. The van der Waals surface area contributed by atoms with Crippen LogP contribution in [0.3, 0.4) is 0 Å². The topological polar surface area (TPSA) is 107 Å². The van der Waals surface area contributed by atoms with E-state index in [4.69, 9.17) is 18.9 Å². The van der Waals surface area contributed by atoms with Gasteiger partial charge in [-0.25, -0.2) is 14.5 Å². The summed E-state index contributed by atoms with van der Waals surface area (Å²) in [6.07, 6.45) is 8.71. The average molecular weight is 628 g/mol. The van der Waals surface area contributed by atoms with Gasteiger partial charge in [0.05, 0.1) is 19.8 Å². The Bertz CT molecular complexity index is 1200. The third-order valence-electron chi connectivity index (χ3n) is 7.58. The van der Waals surface area contributed by atoms with Crippen LogP contribution >= 0.6 is 0 Å². The van der Waals surface area contributed by atoms with Crippen molar-refractivity contribution < 1.29 is 33.3 Å². The van der Waals surface area contributed by atoms with Gasteiger partial charge in [-0.05, 0) is 84.9 Å². The largest absolute Gasteiger partial charge is 0.497 e. The van der Waals surface area contributed by atoms with E-state index in [-0.39, 0.29) is 5.96 Å². The summed E-state index contributed by atoms with van der Waals surface area (Å²) in [6.45, 7) is 12.6. The molecular weight excluding hydrogens is 574 g/mol. The number of carbonyl (C=O) groups is 3. The number of nitrogens with zero attached hydrogens (tertiary/aromatic N) is 3. The Labute approximate surface area is 269 Å². The fraction of sp³-hybridized carbons (Fsp3) is 0.657. The number of aldehydes is 1. The predicted octanol–water partition coefficient (Wildman–Crippen LogP) is 7.79. The number of rotatable bonds is 14. The molecule has 2 amide bonds. The number of carbonyl (C=O) groups excluding carboxylic acids is 3. The maximum atomic E-state index is 13.6. The molecule has 10 nitrogen and oxygen atoms in total. The monoisotopic (exact) mass is 627 g/mol. The molecule has 45 heavy (non-hydrogen) atoms. The highest BCUT2D eigenvalue weighted by Gasteiger charge is 2.44. The van der Waals surface area contributed by atoms with Crippen LogP contribution in [0.25, 0.3) is 0 Å². The highest BCUT2D eigenvalue weighted by Crippen LogP contribution is 2.36. The van der Waals surface area contributed by atoms with Crippen molar-refractivity contribution in [2.75, 3.05) is 20.3 Å². The molecule has 2 heterocycles. The lowest BCUT2D eigenvalue weighted by Crippen LogP contribution is -2.57. The molecule has 3 rings (SSSR count). The summed E-state index contributed by atoms with van der Waals surface area (Å²) >= 11 is 0. The summed E-state index contributed by atoms with van der Waals surface area (Å²) in [5.41, 5.74) is 1.02. The van der Waals surface area contributed by atoms with Gasteiger partial charge in [0.2, 0.25) is 5.96 Å². The first kappa shape index (κ1) is 36.1. The van der Waals surface area contributed by atoms with Crippen molar-refractivity contribution in [2.45, 2.75) is 130 Å². The number of allylic oxidation sites excluding steroid dienone is 1. The zero-order valence-electron chi connectivity index (χ0n) is 28.4. The number of fused-ring (bicyclic) bond motifs is 1. The lowest BCUT2D eigenvalue weighted by atomic mass is 9.95. The summed E-state index contributed by atoms with van der Waals surface area (Å²) in [4.78, 5) is 46.4. The van der Waals surface area contributed by atoms with Crippen LogP contribution in [0.2, 0.25) is 0 Å². The van der Waals surface area contributed by atoms with Crippen LogP contribution in [0.5, 0.6) is 5.75 Å². The van der Waals surface area contributed by atoms with Crippen LogP contribution in [0.4, 0.5) is 9.59 Å². The quantitative estimate of drug-likeness (QED) is 0.152. The third-order valence-corrected chi connectivity index (χ3v) is 7.58. The number of amides is 2. The van der Waals surface area contributed by atoms with E-state index in [0.717, 1.165) is 81.3 Å². The van der Waals surface area contributed by atoms with Gasteiger partial charge in [0.1, 0.15) is 23.2 Å². The number of ether oxygens (including phenoxy) is 4. The van der Waals surface area contributed by atoms with Crippen LogP contribution in [0.15, 0.2) is 40.5 Å². The molecule has 250 valence electrons. The Balaban J connectivity index is 1.55. The average Bonchev–Trinajstić information content (AvgIpc) is 3.44. The van der Waals surface area contributed by atoms with Crippen LogP contribution in [-0.2, 0) is 25.6 Å². The molecular formula is C35H53N3O7. The summed E-state index contributed by atoms with van der Waals surface area (Å²) in [6, 6.07) is 7.36. The van der Waals surface area contributed by atoms with Gasteiger partial charge in [-0.3, -0.25) is 4.79 Å². The predicted molar refractivity (Wildman–Crippen MR) is 174 cm³/mol. The second kappa shape index (κ2) is 16.8. The lowest BCUT2D eigenvalue weighted by Gasteiger charge is -2.42. The third kappa shape index (κ3) is 11.5. The Morgan fingerprint density at radius 3 is 2.13 bits per heavy atom. The molecule has 0 aliphatic carbocycles. The highest BCUT2D eigenvalue weighted by molar-refractivity contribution is 6.03. The van der Waals surface area contributed by atoms with Crippen molar-refractivity contribution in [3.05, 3.63) is 41.1 Å². The van der Waals surface area contributed by atoms with Gasteiger partial charge in [0, 0.05) is 24.4 Å². The van der Waals surface area contributed by atoms with Gasteiger partial charge in [-0.1, -0.05) is 50.7 Å². The normalized spacial score (nSPS) is 17.8. The standard InChI is InChI=1S/C35H53N3O7/c1-34(2,3)44-32(40)36-31-37-22-15-17-29(37)28(24-39)30(38(31)33(41)45-35(4,5)6)16-13-11-9-8-10-12-14-23-43-25-26-18-20-27(42-7)21-19-26/h18-21,24,30H,8-17,22-23,25H2,1-7H3/b36-31+/t30-/m1/s1. The first-order valence-electron chi connectivity index (χ1n) is 16.3. The first-order valence-corrected chi connectivity index (χ1v) is 16.3. The molecule has 1 fully saturated rings. The van der Waals surface area contributed by atoms with Gasteiger partial charge in [-0.15, -0.1) is 4.99 Å². The SMILES string of the molecule is COc1ccc(COCCCCCCCCC[C@@H]2C(C=O)=C3CCCN3/C(=N\C(=O)OC(C)(C)C)N2C(=O)OC(C)(C)C)cc1. The van der Waals surface area contributed by atoms with Gasteiger partial charge in [0.15, 0.2) is 0 Å². The number of methoxy groups -OCH3 is 1. The summed E-state index contributed by atoms with van der Waals surface area (Å²) in [5.74, 6) is 1.02. The first-order chi connectivity index (χ1) is 21.3.